The third-order valence-corrected chi connectivity index (χ3v) is 4.28. The summed E-state index contributed by atoms with van der Waals surface area (Å²) < 4.78 is 10.6. The molecule has 9 heteroatoms. The van der Waals surface area contributed by atoms with Crippen LogP contribution in [0.4, 0.5) is 4.79 Å². The molecule has 1 aliphatic heterocycles. The van der Waals surface area contributed by atoms with E-state index in [-0.39, 0.29) is 28.0 Å². The molecule has 0 bridgehead atoms. The van der Waals surface area contributed by atoms with E-state index >= 15 is 0 Å². The van der Waals surface area contributed by atoms with E-state index in [0.717, 1.165) is 16.7 Å². The Morgan fingerprint density at radius 3 is 2.77 bits per heavy atom. The molecule has 0 saturated carbocycles. The Kier molecular flexibility index (Phi) is 6.55. The van der Waals surface area contributed by atoms with Gasteiger partial charge in [-0.15, -0.1) is 6.42 Å². The maximum absolute atomic E-state index is 12.2. The zero-order chi connectivity index (χ0) is 19.3. The molecule has 26 heavy (non-hydrogen) atoms. The van der Waals surface area contributed by atoms with Gasteiger partial charge in [0.25, 0.3) is 11.1 Å². The molecule has 1 saturated heterocycles. The predicted octanol–water partition coefficient (Wildman–Crippen LogP) is 2.87. The van der Waals surface area contributed by atoms with Gasteiger partial charge in [0.1, 0.15) is 0 Å². The van der Waals surface area contributed by atoms with Crippen LogP contribution in [0.15, 0.2) is 17.0 Å². The summed E-state index contributed by atoms with van der Waals surface area (Å²) >= 11 is 6.93. The lowest BCUT2D eigenvalue weighted by atomic mass is 10.1. The smallest absolute Gasteiger partial charge is 0.341 e. The lowest BCUT2D eigenvalue weighted by Gasteiger charge is -2.13. The number of rotatable bonds is 7. The SMILES string of the molecule is C#CCN1C(=O)S/C(=C/c2cc(Cl)c(OCC(=O)O)c(OCC)c2)C1=O. The molecular weight excluding hydrogens is 382 g/mol. The Morgan fingerprint density at radius 2 is 2.15 bits per heavy atom. The topological polar surface area (TPSA) is 93.1 Å². The minimum Gasteiger partial charge on any atom is -0.490 e. The highest BCUT2D eigenvalue weighted by Crippen LogP contribution is 2.39. The summed E-state index contributed by atoms with van der Waals surface area (Å²) in [6.07, 6.45) is 6.64. The second-order valence-electron chi connectivity index (χ2n) is 4.92. The molecule has 0 unspecified atom stereocenters. The third-order valence-electron chi connectivity index (χ3n) is 3.09. The maximum Gasteiger partial charge on any atom is 0.341 e. The van der Waals surface area contributed by atoms with Gasteiger partial charge in [-0.2, -0.15) is 0 Å². The number of hydrogen-bond acceptors (Lipinski definition) is 6. The van der Waals surface area contributed by atoms with Crippen molar-refractivity contribution in [2.24, 2.45) is 0 Å². The van der Waals surface area contributed by atoms with Crippen molar-refractivity contribution in [2.75, 3.05) is 19.8 Å². The van der Waals surface area contributed by atoms with E-state index in [4.69, 9.17) is 32.6 Å². The standard InChI is InChI=1S/C17H14ClNO6S/c1-3-5-19-16(22)13(26-17(19)23)8-10-6-11(18)15(25-9-14(20)21)12(7-10)24-4-2/h1,6-8H,4-5,9H2,2H3,(H,20,21)/b13-8+. The van der Waals surface area contributed by atoms with Gasteiger partial charge < -0.3 is 14.6 Å². The van der Waals surface area contributed by atoms with Crippen molar-refractivity contribution in [1.29, 1.82) is 0 Å². The van der Waals surface area contributed by atoms with Crippen molar-refractivity contribution < 1.29 is 29.0 Å². The van der Waals surface area contributed by atoms with Gasteiger partial charge in [-0.3, -0.25) is 14.5 Å². The van der Waals surface area contributed by atoms with Gasteiger partial charge in [0.05, 0.1) is 23.1 Å². The second-order valence-corrected chi connectivity index (χ2v) is 6.32. The van der Waals surface area contributed by atoms with Gasteiger partial charge in [0.15, 0.2) is 18.1 Å². The van der Waals surface area contributed by atoms with Crippen LogP contribution in [-0.4, -0.2) is 46.9 Å². The van der Waals surface area contributed by atoms with E-state index in [1.54, 1.807) is 13.0 Å². The molecule has 1 N–H and O–H groups in total. The van der Waals surface area contributed by atoms with Crippen molar-refractivity contribution in [3.63, 3.8) is 0 Å². The number of carboxylic acid groups (broad SMARTS) is 1. The lowest BCUT2D eigenvalue weighted by Crippen LogP contribution is -2.28. The molecule has 7 nitrogen and oxygen atoms in total. The average molecular weight is 396 g/mol. The van der Waals surface area contributed by atoms with Crippen molar-refractivity contribution in [3.05, 3.63) is 27.6 Å². The summed E-state index contributed by atoms with van der Waals surface area (Å²) in [6.45, 7) is 1.35. The molecule has 1 aromatic rings. The monoisotopic (exact) mass is 395 g/mol. The molecule has 136 valence electrons. The molecule has 1 aromatic carbocycles. The van der Waals surface area contributed by atoms with Crippen molar-refractivity contribution in [3.8, 4) is 23.8 Å². The Labute approximate surface area is 158 Å². The quantitative estimate of drug-likeness (QED) is 0.560. The summed E-state index contributed by atoms with van der Waals surface area (Å²) in [7, 11) is 0. The first kappa shape index (κ1) is 19.7. The van der Waals surface area contributed by atoms with E-state index in [1.165, 1.54) is 12.1 Å². The van der Waals surface area contributed by atoms with Crippen LogP contribution in [0, 0.1) is 12.3 Å². The van der Waals surface area contributed by atoms with Gasteiger partial charge >= 0.3 is 5.97 Å². The van der Waals surface area contributed by atoms with Gasteiger partial charge in [-0.05, 0) is 42.5 Å². The molecule has 1 heterocycles. The van der Waals surface area contributed by atoms with E-state index in [1.807, 2.05) is 0 Å². The normalized spacial score (nSPS) is 15.3. The largest absolute Gasteiger partial charge is 0.490 e. The van der Waals surface area contributed by atoms with Gasteiger partial charge in [-0.25, -0.2) is 4.79 Å². The number of amides is 2. The molecular formula is C17H14ClNO6S. The number of thioether (sulfide) groups is 1. The zero-order valence-electron chi connectivity index (χ0n) is 13.7. The Bertz CT molecular complexity index is 829. The summed E-state index contributed by atoms with van der Waals surface area (Å²) in [5.74, 6) is 0.936. The fourth-order valence-corrected chi connectivity index (χ4v) is 3.20. The van der Waals surface area contributed by atoms with Crippen molar-refractivity contribution in [2.45, 2.75) is 6.92 Å². The van der Waals surface area contributed by atoms with Crippen molar-refractivity contribution in [1.82, 2.24) is 4.90 Å². The Hall–Kier alpha value is -2.63. The number of imide groups is 1. The number of carboxylic acids is 1. The van der Waals surface area contributed by atoms with E-state index < -0.39 is 23.7 Å². The molecule has 2 amide bonds. The first-order valence-electron chi connectivity index (χ1n) is 7.37. The van der Waals surface area contributed by atoms with Gasteiger partial charge in [-0.1, -0.05) is 17.5 Å². The molecule has 2 rings (SSSR count). The molecule has 0 atom stereocenters. The number of carbonyl (C=O) groups excluding carboxylic acids is 2. The average Bonchev–Trinajstić information content (AvgIpc) is 2.82. The van der Waals surface area contributed by atoms with Crippen LogP contribution in [-0.2, 0) is 9.59 Å². The number of halogens is 1. The molecule has 0 aromatic heterocycles. The van der Waals surface area contributed by atoms with Crippen LogP contribution in [0.1, 0.15) is 12.5 Å². The molecule has 1 aliphatic rings. The number of terminal acetylenes is 1. The van der Waals surface area contributed by atoms with E-state index in [9.17, 15) is 14.4 Å². The fraction of sp³-hybridized carbons (Fsp3) is 0.235. The number of ether oxygens (including phenoxy) is 2. The minimum atomic E-state index is -1.16. The van der Waals surface area contributed by atoms with Crippen LogP contribution >= 0.6 is 23.4 Å². The predicted molar refractivity (Wildman–Crippen MR) is 97.3 cm³/mol. The van der Waals surface area contributed by atoms with E-state index in [2.05, 4.69) is 5.92 Å². The summed E-state index contributed by atoms with van der Waals surface area (Å²) in [4.78, 5) is 35.9. The number of nitrogens with zero attached hydrogens (tertiary/aromatic N) is 1. The first-order valence-corrected chi connectivity index (χ1v) is 8.56. The molecule has 0 aliphatic carbocycles. The Balaban J connectivity index is 2.36. The van der Waals surface area contributed by atoms with Crippen molar-refractivity contribution >= 4 is 46.6 Å². The Morgan fingerprint density at radius 1 is 1.42 bits per heavy atom. The second kappa shape index (κ2) is 8.65. The minimum absolute atomic E-state index is 0.0912. The number of hydrogen-bond donors (Lipinski definition) is 1. The zero-order valence-corrected chi connectivity index (χ0v) is 15.2. The highest BCUT2D eigenvalue weighted by molar-refractivity contribution is 8.18. The van der Waals surface area contributed by atoms with Crippen LogP contribution in [0.25, 0.3) is 6.08 Å². The number of aliphatic carboxylic acids is 1. The first-order chi connectivity index (χ1) is 12.4. The van der Waals surface area contributed by atoms with Gasteiger partial charge in [0, 0.05) is 0 Å². The van der Waals surface area contributed by atoms with Crippen LogP contribution in [0.5, 0.6) is 11.5 Å². The third kappa shape index (κ3) is 4.50. The molecule has 0 radical (unpaired) electrons. The molecule has 0 spiro atoms. The van der Waals surface area contributed by atoms with Crippen LogP contribution in [0.3, 0.4) is 0 Å². The number of carbonyl (C=O) groups is 3. The van der Waals surface area contributed by atoms with E-state index in [0.29, 0.717) is 12.2 Å². The maximum atomic E-state index is 12.2. The molecule has 1 fully saturated rings. The summed E-state index contributed by atoms with van der Waals surface area (Å²) in [5, 5.41) is 8.41. The van der Waals surface area contributed by atoms with Crippen LogP contribution < -0.4 is 9.47 Å². The van der Waals surface area contributed by atoms with Gasteiger partial charge in [0.2, 0.25) is 0 Å². The highest BCUT2D eigenvalue weighted by Gasteiger charge is 2.34. The number of benzene rings is 1. The fourth-order valence-electron chi connectivity index (χ4n) is 2.09. The lowest BCUT2D eigenvalue weighted by molar-refractivity contribution is -0.139. The summed E-state index contributed by atoms with van der Waals surface area (Å²) in [5.41, 5.74) is 0.493. The van der Waals surface area contributed by atoms with Crippen LogP contribution in [0.2, 0.25) is 5.02 Å². The summed E-state index contributed by atoms with van der Waals surface area (Å²) in [6, 6.07) is 3.03. The highest BCUT2D eigenvalue weighted by atomic mass is 35.5.